The van der Waals surface area contributed by atoms with Gasteiger partial charge in [0, 0.05) is 6.07 Å². The minimum atomic E-state index is 0.0726. The first-order chi connectivity index (χ1) is 8.67. The summed E-state index contributed by atoms with van der Waals surface area (Å²) in [5.74, 6) is 1.78. The maximum atomic E-state index is 5.75. The van der Waals surface area contributed by atoms with E-state index in [1.54, 1.807) is 12.1 Å². The minimum Gasteiger partial charge on any atom is -0.494 e. The summed E-state index contributed by atoms with van der Waals surface area (Å²) in [6.07, 6.45) is 0. The molecule has 2 aromatic rings. The molecule has 2 rings (SSSR count). The van der Waals surface area contributed by atoms with Crippen molar-refractivity contribution < 1.29 is 9.47 Å². The number of benzene rings is 1. The molecular weight excluding hydrogens is 254 g/mol. The van der Waals surface area contributed by atoms with Gasteiger partial charge in [0.1, 0.15) is 16.7 Å². The predicted molar refractivity (Wildman–Crippen MR) is 69.1 cm³/mol. The zero-order valence-corrected chi connectivity index (χ0v) is 10.5. The number of anilines is 1. The van der Waals surface area contributed by atoms with Gasteiger partial charge in [-0.3, -0.25) is 0 Å². The Morgan fingerprint density at radius 1 is 1.17 bits per heavy atom. The molecule has 0 aliphatic carbocycles. The number of hydrogen-bond acceptors (Lipinski definition) is 5. The first kappa shape index (κ1) is 12.4. The molecule has 1 aromatic heterocycles. The van der Waals surface area contributed by atoms with Crippen LogP contribution in [0.1, 0.15) is 6.92 Å². The fraction of sp³-hybridized carbons (Fsp3) is 0.167. The lowest BCUT2D eigenvalue weighted by atomic mass is 10.3. The van der Waals surface area contributed by atoms with E-state index in [0.717, 1.165) is 5.75 Å². The van der Waals surface area contributed by atoms with Crippen molar-refractivity contribution >= 4 is 17.5 Å². The van der Waals surface area contributed by atoms with E-state index >= 15 is 0 Å². The van der Waals surface area contributed by atoms with Crippen LogP contribution in [0, 0.1) is 0 Å². The second-order valence-electron chi connectivity index (χ2n) is 3.39. The van der Waals surface area contributed by atoms with Crippen LogP contribution >= 0.6 is 11.6 Å². The number of halogens is 1. The van der Waals surface area contributed by atoms with Crippen LogP contribution in [0.4, 0.5) is 5.95 Å². The van der Waals surface area contributed by atoms with Gasteiger partial charge in [-0.15, -0.1) is 0 Å². The SMILES string of the molecule is CCOc1ccc(Oc2cc(Cl)nc(N)n2)cc1. The largest absolute Gasteiger partial charge is 0.494 e. The molecule has 0 bridgehead atoms. The maximum absolute atomic E-state index is 5.75. The minimum absolute atomic E-state index is 0.0726. The van der Waals surface area contributed by atoms with Gasteiger partial charge >= 0.3 is 0 Å². The van der Waals surface area contributed by atoms with E-state index in [9.17, 15) is 0 Å². The summed E-state index contributed by atoms with van der Waals surface area (Å²) in [5, 5.41) is 0.239. The average molecular weight is 266 g/mol. The Morgan fingerprint density at radius 2 is 1.83 bits per heavy atom. The zero-order chi connectivity index (χ0) is 13.0. The lowest BCUT2D eigenvalue weighted by Crippen LogP contribution is -1.97. The van der Waals surface area contributed by atoms with Gasteiger partial charge in [0.2, 0.25) is 11.8 Å². The van der Waals surface area contributed by atoms with Gasteiger partial charge in [0.25, 0.3) is 0 Å². The number of aromatic nitrogens is 2. The number of ether oxygens (including phenoxy) is 2. The Morgan fingerprint density at radius 3 is 2.44 bits per heavy atom. The average Bonchev–Trinajstić information content (AvgIpc) is 2.31. The first-order valence-corrected chi connectivity index (χ1v) is 5.76. The Bertz CT molecular complexity index is 511. The molecule has 0 radical (unpaired) electrons. The molecule has 0 unspecified atom stereocenters. The highest BCUT2D eigenvalue weighted by atomic mass is 35.5. The molecule has 0 aliphatic heterocycles. The summed E-state index contributed by atoms with van der Waals surface area (Å²) in [6, 6.07) is 8.67. The van der Waals surface area contributed by atoms with Crippen LogP contribution in [0.3, 0.4) is 0 Å². The van der Waals surface area contributed by atoms with Crippen LogP contribution in [0.5, 0.6) is 17.4 Å². The lowest BCUT2D eigenvalue weighted by Gasteiger charge is -2.07. The Hall–Kier alpha value is -2.01. The Kier molecular flexibility index (Phi) is 3.84. The standard InChI is InChI=1S/C12H12ClN3O2/c1-2-17-8-3-5-9(6-4-8)18-11-7-10(13)15-12(14)16-11/h3-7H,2H2,1H3,(H2,14,15,16). The van der Waals surface area contributed by atoms with Crippen LogP contribution in [0.2, 0.25) is 5.15 Å². The van der Waals surface area contributed by atoms with E-state index in [1.807, 2.05) is 19.1 Å². The second-order valence-corrected chi connectivity index (χ2v) is 3.78. The maximum Gasteiger partial charge on any atom is 0.225 e. The molecule has 0 saturated carbocycles. The van der Waals surface area contributed by atoms with E-state index in [0.29, 0.717) is 18.2 Å². The van der Waals surface area contributed by atoms with Gasteiger partial charge in [-0.2, -0.15) is 4.98 Å². The molecule has 2 N–H and O–H groups in total. The smallest absolute Gasteiger partial charge is 0.225 e. The van der Waals surface area contributed by atoms with Crippen LogP contribution in [-0.4, -0.2) is 16.6 Å². The third kappa shape index (κ3) is 3.24. The van der Waals surface area contributed by atoms with E-state index in [4.69, 9.17) is 26.8 Å². The van der Waals surface area contributed by atoms with E-state index < -0.39 is 0 Å². The molecule has 0 atom stereocenters. The highest BCUT2D eigenvalue weighted by molar-refractivity contribution is 6.29. The van der Waals surface area contributed by atoms with Crippen molar-refractivity contribution in [2.45, 2.75) is 6.92 Å². The number of hydrogen-bond donors (Lipinski definition) is 1. The summed E-state index contributed by atoms with van der Waals surface area (Å²) < 4.78 is 10.8. The molecule has 94 valence electrons. The summed E-state index contributed by atoms with van der Waals surface area (Å²) in [5.41, 5.74) is 5.47. The molecule has 1 aromatic carbocycles. The van der Waals surface area contributed by atoms with Crippen LogP contribution < -0.4 is 15.2 Å². The number of nitrogens with two attached hydrogens (primary N) is 1. The summed E-state index contributed by atoms with van der Waals surface area (Å²) in [7, 11) is 0. The Labute approximate surface area is 110 Å². The van der Waals surface area contributed by atoms with Crippen LogP contribution in [0.25, 0.3) is 0 Å². The molecule has 5 nitrogen and oxygen atoms in total. The summed E-state index contributed by atoms with van der Waals surface area (Å²) in [6.45, 7) is 2.55. The second kappa shape index (κ2) is 5.55. The molecule has 6 heteroatoms. The number of nitrogens with zero attached hydrogens (tertiary/aromatic N) is 2. The van der Waals surface area contributed by atoms with Crippen molar-refractivity contribution in [3.63, 3.8) is 0 Å². The normalized spacial score (nSPS) is 10.1. The van der Waals surface area contributed by atoms with Crippen LogP contribution in [0.15, 0.2) is 30.3 Å². The number of rotatable bonds is 4. The molecular formula is C12H12ClN3O2. The summed E-state index contributed by atoms with van der Waals surface area (Å²) >= 11 is 5.75. The molecule has 18 heavy (non-hydrogen) atoms. The van der Waals surface area contributed by atoms with Gasteiger partial charge in [-0.05, 0) is 31.2 Å². The van der Waals surface area contributed by atoms with Crippen LogP contribution in [-0.2, 0) is 0 Å². The summed E-state index contributed by atoms with van der Waals surface area (Å²) in [4.78, 5) is 7.66. The fourth-order valence-electron chi connectivity index (χ4n) is 1.36. The molecule has 0 saturated heterocycles. The van der Waals surface area contributed by atoms with Crippen molar-refractivity contribution in [1.82, 2.24) is 9.97 Å². The monoisotopic (exact) mass is 265 g/mol. The van der Waals surface area contributed by atoms with Crippen molar-refractivity contribution in [2.24, 2.45) is 0 Å². The molecule has 0 amide bonds. The molecule has 0 aliphatic rings. The van der Waals surface area contributed by atoms with Crippen molar-refractivity contribution in [2.75, 3.05) is 12.3 Å². The fourth-order valence-corrected chi connectivity index (χ4v) is 1.54. The Balaban J connectivity index is 2.13. The lowest BCUT2D eigenvalue weighted by molar-refractivity contribution is 0.339. The molecule has 0 spiro atoms. The van der Waals surface area contributed by atoms with Gasteiger partial charge in [-0.1, -0.05) is 11.6 Å². The third-order valence-corrected chi connectivity index (χ3v) is 2.24. The quantitative estimate of drug-likeness (QED) is 0.861. The van der Waals surface area contributed by atoms with Crippen molar-refractivity contribution in [1.29, 1.82) is 0 Å². The zero-order valence-electron chi connectivity index (χ0n) is 9.76. The van der Waals surface area contributed by atoms with Crippen molar-refractivity contribution in [3.05, 3.63) is 35.5 Å². The van der Waals surface area contributed by atoms with E-state index in [1.165, 1.54) is 6.07 Å². The molecule has 1 heterocycles. The van der Waals surface area contributed by atoms with E-state index in [2.05, 4.69) is 9.97 Å². The van der Waals surface area contributed by atoms with Gasteiger partial charge in [0.05, 0.1) is 6.61 Å². The highest BCUT2D eigenvalue weighted by Crippen LogP contribution is 2.24. The molecule has 0 fully saturated rings. The third-order valence-electron chi connectivity index (χ3n) is 2.05. The highest BCUT2D eigenvalue weighted by Gasteiger charge is 2.03. The van der Waals surface area contributed by atoms with Gasteiger partial charge in [0.15, 0.2) is 0 Å². The first-order valence-electron chi connectivity index (χ1n) is 5.38. The topological polar surface area (TPSA) is 70.3 Å². The number of nitrogen functional groups attached to an aromatic ring is 1. The van der Waals surface area contributed by atoms with E-state index in [-0.39, 0.29) is 11.1 Å². The van der Waals surface area contributed by atoms with Gasteiger partial charge in [-0.25, -0.2) is 4.98 Å². The predicted octanol–water partition coefficient (Wildman–Crippen LogP) is 2.90. The van der Waals surface area contributed by atoms with Gasteiger partial charge < -0.3 is 15.2 Å². The van der Waals surface area contributed by atoms with Crippen molar-refractivity contribution in [3.8, 4) is 17.4 Å².